The van der Waals surface area contributed by atoms with Crippen LogP contribution in [0.4, 0.5) is 0 Å². The molecule has 1 fully saturated rings. The molecule has 3 nitrogen and oxygen atoms in total. The van der Waals surface area contributed by atoms with Gasteiger partial charge in [0, 0.05) is 17.0 Å². The molecule has 2 aromatic carbocycles. The normalized spacial score (nSPS) is 23.8. The molecule has 0 aliphatic heterocycles. The van der Waals surface area contributed by atoms with E-state index in [9.17, 15) is 4.79 Å². The number of furan rings is 1. The highest BCUT2D eigenvalue weighted by Crippen LogP contribution is 2.31. The largest absolute Gasteiger partial charge is 0.464 e. The van der Waals surface area contributed by atoms with E-state index in [1.54, 1.807) is 6.26 Å². The Morgan fingerprint density at radius 2 is 2.00 bits per heavy atom. The van der Waals surface area contributed by atoms with Crippen LogP contribution >= 0.6 is 0 Å². The Hall–Kier alpha value is -2.29. The van der Waals surface area contributed by atoms with E-state index in [0.29, 0.717) is 24.3 Å². The van der Waals surface area contributed by atoms with E-state index in [1.165, 1.54) is 18.2 Å². The third-order valence-corrected chi connectivity index (χ3v) is 5.94. The number of hydrogen-bond donors (Lipinski definition) is 1. The second-order valence-electron chi connectivity index (χ2n) is 7.54. The van der Waals surface area contributed by atoms with Crippen molar-refractivity contribution in [3.8, 4) is 0 Å². The van der Waals surface area contributed by atoms with E-state index in [0.717, 1.165) is 28.3 Å². The maximum Gasteiger partial charge on any atom is 0.224 e. The summed E-state index contributed by atoms with van der Waals surface area (Å²) in [6, 6.07) is 12.6. The van der Waals surface area contributed by atoms with Crippen molar-refractivity contribution in [2.24, 2.45) is 11.8 Å². The van der Waals surface area contributed by atoms with Crippen molar-refractivity contribution in [2.75, 3.05) is 0 Å². The van der Waals surface area contributed by atoms with Gasteiger partial charge in [-0.3, -0.25) is 4.79 Å². The molecule has 1 amide bonds. The van der Waals surface area contributed by atoms with E-state index in [1.807, 2.05) is 18.2 Å². The second kappa shape index (κ2) is 6.55. The van der Waals surface area contributed by atoms with E-state index < -0.39 is 0 Å². The first-order chi connectivity index (χ1) is 12.1. The van der Waals surface area contributed by atoms with Gasteiger partial charge in [-0.2, -0.15) is 0 Å². The third kappa shape index (κ3) is 3.04. The average Bonchev–Trinajstić information content (AvgIpc) is 3.02. The summed E-state index contributed by atoms with van der Waals surface area (Å²) in [5.41, 5.74) is 1.82. The number of amides is 1. The van der Waals surface area contributed by atoms with Gasteiger partial charge in [-0.1, -0.05) is 57.0 Å². The predicted molar refractivity (Wildman–Crippen MR) is 102 cm³/mol. The Bertz CT molecular complexity index is 911. The van der Waals surface area contributed by atoms with Gasteiger partial charge in [0.15, 0.2) is 0 Å². The van der Waals surface area contributed by atoms with Gasteiger partial charge in [0.1, 0.15) is 5.58 Å². The highest BCUT2D eigenvalue weighted by atomic mass is 16.3. The highest BCUT2D eigenvalue weighted by Gasteiger charge is 2.28. The van der Waals surface area contributed by atoms with Crippen LogP contribution in [0.2, 0.25) is 0 Å². The zero-order valence-corrected chi connectivity index (χ0v) is 14.9. The van der Waals surface area contributed by atoms with E-state index >= 15 is 0 Å². The van der Waals surface area contributed by atoms with Crippen LogP contribution in [0.3, 0.4) is 0 Å². The molecular weight excluding hydrogens is 310 g/mol. The van der Waals surface area contributed by atoms with Crippen LogP contribution in [-0.2, 0) is 11.2 Å². The lowest BCUT2D eigenvalue weighted by molar-refractivity contribution is -0.121. The molecule has 1 aliphatic rings. The Kier molecular flexibility index (Phi) is 4.24. The van der Waals surface area contributed by atoms with E-state index in [4.69, 9.17) is 4.42 Å². The molecule has 0 spiro atoms. The smallest absolute Gasteiger partial charge is 0.224 e. The summed E-state index contributed by atoms with van der Waals surface area (Å²) in [6.07, 6.45) is 5.68. The Labute approximate surface area is 148 Å². The minimum absolute atomic E-state index is 0.0987. The van der Waals surface area contributed by atoms with Crippen molar-refractivity contribution in [2.45, 2.75) is 45.6 Å². The van der Waals surface area contributed by atoms with E-state index in [2.05, 4.69) is 37.4 Å². The lowest BCUT2D eigenvalue weighted by Crippen LogP contribution is -2.44. The molecule has 3 heteroatoms. The summed E-state index contributed by atoms with van der Waals surface area (Å²) in [7, 11) is 0. The van der Waals surface area contributed by atoms with Gasteiger partial charge in [0.25, 0.3) is 0 Å². The summed E-state index contributed by atoms with van der Waals surface area (Å²) in [4.78, 5) is 12.7. The minimum atomic E-state index is 0.0987. The molecule has 1 heterocycles. The van der Waals surface area contributed by atoms with Gasteiger partial charge in [0.05, 0.1) is 12.7 Å². The van der Waals surface area contributed by atoms with Crippen molar-refractivity contribution >= 4 is 27.6 Å². The first-order valence-corrected chi connectivity index (χ1v) is 9.30. The molecule has 1 N–H and O–H groups in total. The molecular formula is C22H25NO2. The van der Waals surface area contributed by atoms with Crippen molar-refractivity contribution in [1.29, 1.82) is 0 Å². The molecule has 1 saturated carbocycles. The molecule has 3 aromatic rings. The maximum absolute atomic E-state index is 12.7. The Morgan fingerprint density at radius 1 is 1.16 bits per heavy atom. The SMILES string of the molecule is C[C@@H]1[C@H](C)CCC[C@@H]1NC(=O)Cc1coc2ccc3ccccc3c12. The lowest BCUT2D eigenvalue weighted by Gasteiger charge is -2.34. The van der Waals surface area contributed by atoms with Crippen molar-refractivity contribution in [3.05, 3.63) is 48.2 Å². The van der Waals surface area contributed by atoms with Gasteiger partial charge in [0.2, 0.25) is 5.91 Å². The summed E-state index contributed by atoms with van der Waals surface area (Å²) in [6.45, 7) is 4.55. The molecule has 1 aromatic heterocycles. The first kappa shape index (κ1) is 16.2. The van der Waals surface area contributed by atoms with Crippen LogP contribution in [0.25, 0.3) is 21.7 Å². The summed E-state index contributed by atoms with van der Waals surface area (Å²) >= 11 is 0. The van der Waals surface area contributed by atoms with Crippen LogP contribution in [0.1, 0.15) is 38.7 Å². The molecule has 0 unspecified atom stereocenters. The molecule has 25 heavy (non-hydrogen) atoms. The van der Waals surface area contributed by atoms with Gasteiger partial charge < -0.3 is 9.73 Å². The Balaban J connectivity index is 1.58. The average molecular weight is 335 g/mol. The van der Waals surface area contributed by atoms with Crippen molar-refractivity contribution < 1.29 is 9.21 Å². The minimum Gasteiger partial charge on any atom is -0.464 e. The van der Waals surface area contributed by atoms with Gasteiger partial charge in [-0.05, 0) is 35.1 Å². The first-order valence-electron chi connectivity index (χ1n) is 9.30. The van der Waals surface area contributed by atoms with Crippen molar-refractivity contribution in [3.63, 3.8) is 0 Å². The van der Waals surface area contributed by atoms with Crippen LogP contribution in [0.15, 0.2) is 47.1 Å². The third-order valence-electron chi connectivity index (χ3n) is 5.94. The zero-order valence-electron chi connectivity index (χ0n) is 14.9. The van der Waals surface area contributed by atoms with Crippen molar-refractivity contribution in [1.82, 2.24) is 5.32 Å². The topological polar surface area (TPSA) is 42.2 Å². The molecule has 3 atom stereocenters. The predicted octanol–water partition coefficient (Wildman–Crippen LogP) is 5.07. The quantitative estimate of drug-likeness (QED) is 0.726. The molecule has 0 saturated heterocycles. The number of hydrogen-bond acceptors (Lipinski definition) is 2. The van der Waals surface area contributed by atoms with Crippen LogP contribution < -0.4 is 5.32 Å². The molecule has 0 radical (unpaired) electrons. The fraction of sp³-hybridized carbons (Fsp3) is 0.409. The van der Waals surface area contributed by atoms with Gasteiger partial charge in [-0.15, -0.1) is 0 Å². The van der Waals surface area contributed by atoms with Gasteiger partial charge in [-0.25, -0.2) is 0 Å². The number of fused-ring (bicyclic) bond motifs is 3. The fourth-order valence-corrected chi connectivity index (χ4v) is 4.22. The highest BCUT2D eigenvalue weighted by molar-refractivity contribution is 6.08. The molecule has 4 rings (SSSR count). The number of benzene rings is 2. The monoisotopic (exact) mass is 335 g/mol. The zero-order chi connectivity index (χ0) is 17.4. The van der Waals surface area contributed by atoms with Crippen LogP contribution in [0, 0.1) is 11.8 Å². The number of nitrogens with one attached hydrogen (secondary N) is 1. The summed E-state index contributed by atoms with van der Waals surface area (Å²) < 4.78 is 5.71. The number of carbonyl (C=O) groups is 1. The standard InChI is InChI=1S/C22H25NO2/c1-14-6-5-9-19(15(14)2)23-21(24)12-17-13-25-20-11-10-16-7-3-4-8-18(16)22(17)20/h3-4,7-8,10-11,13-15,19H,5-6,9,12H2,1-2H3,(H,23,24)/t14-,15-,19+/m1/s1. The van der Waals surface area contributed by atoms with E-state index in [-0.39, 0.29) is 5.91 Å². The second-order valence-corrected chi connectivity index (χ2v) is 7.54. The Morgan fingerprint density at radius 3 is 2.88 bits per heavy atom. The number of carbonyl (C=O) groups excluding carboxylic acids is 1. The summed E-state index contributed by atoms with van der Waals surface area (Å²) in [5.74, 6) is 1.32. The molecule has 0 bridgehead atoms. The van der Waals surface area contributed by atoms with Crippen LogP contribution in [0.5, 0.6) is 0 Å². The van der Waals surface area contributed by atoms with Crippen LogP contribution in [-0.4, -0.2) is 11.9 Å². The summed E-state index contributed by atoms with van der Waals surface area (Å²) in [5, 5.41) is 6.66. The number of rotatable bonds is 3. The fourth-order valence-electron chi connectivity index (χ4n) is 4.22. The molecule has 1 aliphatic carbocycles. The van der Waals surface area contributed by atoms with Gasteiger partial charge >= 0.3 is 0 Å². The molecule has 130 valence electrons. The lowest BCUT2D eigenvalue weighted by atomic mass is 9.78. The maximum atomic E-state index is 12.7.